The van der Waals surface area contributed by atoms with Crippen LogP contribution in [0.1, 0.15) is 51.4 Å². The van der Waals surface area contributed by atoms with E-state index >= 15 is 0 Å². The van der Waals surface area contributed by atoms with Crippen LogP contribution in [0.5, 0.6) is 0 Å². The van der Waals surface area contributed by atoms with Crippen molar-refractivity contribution in [1.82, 2.24) is 10.6 Å². The van der Waals surface area contributed by atoms with Gasteiger partial charge in [-0.15, -0.1) is 0 Å². The average molecular weight is 308 g/mol. The van der Waals surface area contributed by atoms with Gasteiger partial charge in [0.1, 0.15) is 0 Å². The Morgan fingerprint density at radius 1 is 1.19 bits per heavy atom. The van der Waals surface area contributed by atoms with Gasteiger partial charge < -0.3 is 15.7 Å². The van der Waals surface area contributed by atoms with Crippen LogP contribution in [0.3, 0.4) is 0 Å². The summed E-state index contributed by atoms with van der Waals surface area (Å²) in [7, 11) is 0. The SMILES string of the molecule is O=C(NC1CCCC(C(F)(F)F)C1)NC1(CO)CCCC1. The summed E-state index contributed by atoms with van der Waals surface area (Å²) in [4.78, 5) is 12.0. The lowest BCUT2D eigenvalue weighted by molar-refractivity contribution is -0.183. The maximum absolute atomic E-state index is 12.7. The Kier molecular flexibility index (Phi) is 5.01. The van der Waals surface area contributed by atoms with Crippen LogP contribution in [-0.2, 0) is 0 Å². The van der Waals surface area contributed by atoms with Gasteiger partial charge in [-0.05, 0) is 32.1 Å². The minimum Gasteiger partial charge on any atom is -0.394 e. The van der Waals surface area contributed by atoms with Gasteiger partial charge >= 0.3 is 12.2 Å². The number of rotatable bonds is 3. The molecule has 2 unspecified atom stereocenters. The smallest absolute Gasteiger partial charge is 0.391 e. The highest BCUT2D eigenvalue weighted by molar-refractivity contribution is 5.75. The minimum absolute atomic E-state index is 0.0525. The summed E-state index contributed by atoms with van der Waals surface area (Å²) >= 11 is 0. The molecule has 0 aromatic rings. The monoisotopic (exact) mass is 308 g/mol. The first-order valence-corrected chi connectivity index (χ1v) is 7.61. The van der Waals surface area contributed by atoms with Crippen LogP contribution in [0.15, 0.2) is 0 Å². The molecule has 0 heterocycles. The van der Waals surface area contributed by atoms with E-state index < -0.39 is 29.7 Å². The summed E-state index contributed by atoms with van der Waals surface area (Å²) in [6.45, 7) is -0.129. The molecule has 2 fully saturated rings. The van der Waals surface area contributed by atoms with E-state index in [1.807, 2.05) is 0 Å². The van der Waals surface area contributed by atoms with Gasteiger partial charge in [-0.25, -0.2) is 4.79 Å². The first kappa shape index (κ1) is 16.4. The quantitative estimate of drug-likeness (QED) is 0.751. The second-order valence-electron chi connectivity index (χ2n) is 6.35. The molecule has 0 aromatic carbocycles. The lowest BCUT2D eigenvalue weighted by Gasteiger charge is -2.33. The Labute approximate surface area is 122 Å². The average Bonchev–Trinajstić information content (AvgIpc) is 2.87. The third kappa shape index (κ3) is 4.25. The standard InChI is InChI=1S/C14H23F3N2O2/c15-14(16,17)10-4-3-5-11(8-10)18-12(21)19-13(9-20)6-1-2-7-13/h10-11,20H,1-9H2,(H2,18,19,21). The number of carbonyl (C=O) groups is 1. The van der Waals surface area contributed by atoms with Crippen molar-refractivity contribution in [2.24, 2.45) is 5.92 Å². The normalized spacial score (nSPS) is 29.1. The molecule has 2 aliphatic rings. The van der Waals surface area contributed by atoms with Crippen molar-refractivity contribution in [3.63, 3.8) is 0 Å². The highest BCUT2D eigenvalue weighted by Crippen LogP contribution is 2.37. The molecular formula is C14H23F3N2O2. The van der Waals surface area contributed by atoms with E-state index in [2.05, 4.69) is 10.6 Å². The highest BCUT2D eigenvalue weighted by atomic mass is 19.4. The van der Waals surface area contributed by atoms with Gasteiger partial charge in [0.25, 0.3) is 0 Å². The van der Waals surface area contributed by atoms with Crippen LogP contribution in [0, 0.1) is 5.92 Å². The van der Waals surface area contributed by atoms with Crippen molar-refractivity contribution in [3.8, 4) is 0 Å². The van der Waals surface area contributed by atoms with Crippen LogP contribution >= 0.6 is 0 Å². The molecule has 0 saturated heterocycles. The van der Waals surface area contributed by atoms with E-state index in [9.17, 15) is 23.1 Å². The molecule has 21 heavy (non-hydrogen) atoms. The molecule has 0 aliphatic heterocycles. The van der Waals surface area contributed by atoms with E-state index in [4.69, 9.17) is 0 Å². The van der Waals surface area contributed by atoms with E-state index in [0.29, 0.717) is 25.7 Å². The lowest BCUT2D eigenvalue weighted by Crippen LogP contribution is -2.55. The number of amides is 2. The Hall–Kier alpha value is -0.980. The van der Waals surface area contributed by atoms with Gasteiger partial charge in [0.2, 0.25) is 0 Å². The Morgan fingerprint density at radius 3 is 2.43 bits per heavy atom. The summed E-state index contributed by atoms with van der Waals surface area (Å²) in [6.07, 6.45) is 0.272. The van der Waals surface area contributed by atoms with E-state index in [-0.39, 0.29) is 19.4 Å². The van der Waals surface area contributed by atoms with Crippen LogP contribution in [-0.4, -0.2) is 35.5 Å². The predicted octanol–water partition coefficient (Wildman–Crippen LogP) is 2.71. The number of carbonyl (C=O) groups excluding carboxylic acids is 1. The third-order valence-corrected chi connectivity index (χ3v) is 4.71. The molecule has 0 bridgehead atoms. The summed E-state index contributed by atoms with van der Waals surface area (Å²) in [5.74, 6) is -1.32. The number of nitrogens with one attached hydrogen (secondary N) is 2. The van der Waals surface area contributed by atoms with Gasteiger partial charge in [-0.3, -0.25) is 0 Å². The maximum atomic E-state index is 12.7. The molecule has 0 aromatic heterocycles. The second kappa shape index (κ2) is 6.42. The summed E-state index contributed by atoms with van der Waals surface area (Å²) in [6, 6.07) is -0.902. The first-order chi connectivity index (χ1) is 9.85. The van der Waals surface area contributed by atoms with Gasteiger partial charge in [0.05, 0.1) is 18.1 Å². The second-order valence-corrected chi connectivity index (χ2v) is 6.35. The lowest BCUT2D eigenvalue weighted by atomic mass is 9.85. The first-order valence-electron chi connectivity index (χ1n) is 7.61. The molecule has 2 amide bonds. The number of urea groups is 1. The van der Waals surface area contributed by atoms with Crippen molar-refractivity contribution in [3.05, 3.63) is 0 Å². The molecule has 2 atom stereocenters. The molecule has 3 N–H and O–H groups in total. The number of halogens is 3. The van der Waals surface area contributed by atoms with Gasteiger partial charge in [0, 0.05) is 6.04 Å². The van der Waals surface area contributed by atoms with E-state index in [0.717, 1.165) is 12.8 Å². The van der Waals surface area contributed by atoms with E-state index in [1.165, 1.54) is 0 Å². The van der Waals surface area contributed by atoms with Gasteiger partial charge in [-0.1, -0.05) is 19.3 Å². The van der Waals surface area contributed by atoms with Crippen molar-refractivity contribution in [1.29, 1.82) is 0 Å². The van der Waals surface area contributed by atoms with E-state index in [1.54, 1.807) is 0 Å². The number of hydrogen-bond donors (Lipinski definition) is 3. The summed E-state index contributed by atoms with van der Waals surface area (Å²) in [5.41, 5.74) is -0.595. The Morgan fingerprint density at radius 2 is 1.86 bits per heavy atom. The molecule has 2 aliphatic carbocycles. The van der Waals surface area contributed by atoms with Crippen molar-refractivity contribution in [2.45, 2.75) is 69.1 Å². The Balaban J connectivity index is 1.85. The van der Waals surface area contributed by atoms with Crippen molar-refractivity contribution < 1.29 is 23.1 Å². The zero-order valence-electron chi connectivity index (χ0n) is 12.0. The molecular weight excluding hydrogens is 285 g/mol. The zero-order valence-corrected chi connectivity index (χ0v) is 12.0. The maximum Gasteiger partial charge on any atom is 0.391 e. The fourth-order valence-electron chi connectivity index (χ4n) is 3.45. The number of aliphatic hydroxyl groups is 1. The molecule has 122 valence electrons. The highest BCUT2D eigenvalue weighted by Gasteiger charge is 2.42. The molecule has 4 nitrogen and oxygen atoms in total. The topological polar surface area (TPSA) is 61.4 Å². The molecule has 0 spiro atoms. The van der Waals surface area contributed by atoms with Crippen LogP contribution in [0.4, 0.5) is 18.0 Å². The Bertz CT molecular complexity index is 368. The molecule has 0 radical (unpaired) electrons. The number of aliphatic hydroxyl groups excluding tert-OH is 1. The fourth-order valence-corrected chi connectivity index (χ4v) is 3.45. The van der Waals surface area contributed by atoms with Crippen LogP contribution < -0.4 is 10.6 Å². The molecule has 2 saturated carbocycles. The van der Waals surface area contributed by atoms with Gasteiger partial charge in [0.15, 0.2) is 0 Å². The van der Waals surface area contributed by atoms with Crippen LogP contribution in [0.2, 0.25) is 0 Å². The predicted molar refractivity (Wildman–Crippen MR) is 71.8 cm³/mol. The largest absolute Gasteiger partial charge is 0.394 e. The minimum atomic E-state index is -4.19. The summed E-state index contributed by atoms with van der Waals surface area (Å²) in [5, 5.41) is 14.8. The fraction of sp³-hybridized carbons (Fsp3) is 0.929. The van der Waals surface area contributed by atoms with Crippen molar-refractivity contribution >= 4 is 6.03 Å². The van der Waals surface area contributed by atoms with Crippen LogP contribution in [0.25, 0.3) is 0 Å². The zero-order chi connectivity index (χ0) is 15.5. The number of alkyl halides is 3. The molecule has 7 heteroatoms. The van der Waals surface area contributed by atoms with Crippen molar-refractivity contribution in [2.75, 3.05) is 6.61 Å². The summed E-state index contributed by atoms with van der Waals surface area (Å²) < 4.78 is 38.2. The van der Waals surface area contributed by atoms with Gasteiger partial charge in [-0.2, -0.15) is 13.2 Å². The third-order valence-electron chi connectivity index (χ3n) is 4.71. The number of hydrogen-bond acceptors (Lipinski definition) is 2. The molecule has 2 rings (SSSR count).